The first kappa shape index (κ1) is 21.4. The number of rotatable bonds is 7. The molecule has 1 heterocycles. The van der Waals surface area contributed by atoms with Crippen LogP contribution < -0.4 is 19.5 Å². The normalized spacial score (nSPS) is 13.2. The third-order valence-corrected chi connectivity index (χ3v) is 6.68. The van der Waals surface area contributed by atoms with Gasteiger partial charge >= 0.3 is 0 Å². The van der Waals surface area contributed by atoms with Crippen LogP contribution in [-0.2, 0) is 14.8 Å². The van der Waals surface area contributed by atoms with Crippen molar-refractivity contribution in [2.24, 2.45) is 0 Å². The topological polar surface area (TPSA) is 94.2 Å². The highest BCUT2D eigenvalue weighted by Gasteiger charge is 2.28. The second kappa shape index (κ2) is 9.02. The number of likely N-dealkylation sites (N-methyl/N-ethyl adjacent to an activating group) is 1. The monoisotopic (exact) mass is 484 g/mol. The van der Waals surface area contributed by atoms with Crippen LogP contribution in [0.4, 0.5) is 5.69 Å². The first-order chi connectivity index (χ1) is 13.8. The van der Waals surface area contributed by atoms with Gasteiger partial charge < -0.3 is 19.5 Å². The largest absolute Gasteiger partial charge is 0.495 e. The fraction of sp³-hybridized carbons (Fsp3) is 0.316. The summed E-state index contributed by atoms with van der Waals surface area (Å²) in [5.41, 5.74) is 0.493. The van der Waals surface area contributed by atoms with E-state index in [4.69, 9.17) is 14.2 Å². The number of sulfonamides is 1. The third kappa shape index (κ3) is 4.82. The van der Waals surface area contributed by atoms with Crippen LogP contribution in [0.25, 0.3) is 0 Å². The van der Waals surface area contributed by atoms with E-state index >= 15 is 0 Å². The predicted octanol–water partition coefficient (Wildman–Crippen LogP) is 2.88. The lowest BCUT2D eigenvalue weighted by atomic mass is 10.2. The minimum atomic E-state index is -3.95. The van der Waals surface area contributed by atoms with Gasteiger partial charge in [0.15, 0.2) is 11.5 Å². The maximum Gasteiger partial charge on any atom is 0.247 e. The summed E-state index contributed by atoms with van der Waals surface area (Å²) in [4.78, 5) is 12.5. The van der Waals surface area contributed by atoms with Crippen molar-refractivity contribution < 1.29 is 27.4 Å². The van der Waals surface area contributed by atoms with Gasteiger partial charge in [0.2, 0.25) is 15.9 Å². The van der Waals surface area contributed by atoms with E-state index in [1.165, 1.54) is 13.2 Å². The van der Waals surface area contributed by atoms with Crippen molar-refractivity contribution in [3.05, 3.63) is 40.9 Å². The molecule has 0 saturated heterocycles. The van der Waals surface area contributed by atoms with Gasteiger partial charge in [-0.15, -0.1) is 0 Å². The van der Waals surface area contributed by atoms with Crippen molar-refractivity contribution in [3.8, 4) is 17.2 Å². The van der Waals surface area contributed by atoms with Gasteiger partial charge in [0, 0.05) is 22.8 Å². The molecule has 0 aromatic heterocycles. The molecule has 10 heteroatoms. The van der Waals surface area contributed by atoms with E-state index in [0.29, 0.717) is 34.9 Å². The van der Waals surface area contributed by atoms with Crippen LogP contribution in [-0.4, -0.2) is 52.0 Å². The Kier molecular flexibility index (Phi) is 6.66. The molecule has 2 aromatic carbocycles. The molecule has 1 amide bonds. The zero-order chi connectivity index (χ0) is 21.0. The highest BCUT2D eigenvalue weighted by molar-refractivity contribution is 9.10. The number of amides is 1. The van der Waals surface area contributed by atoms with E-state index in [2.05, 4.69) is 21.2 Å². The van der Waals surface area contributed by atoms with E-state index in [1.54, 1.807) is 37.3 Å². The van der Waals surface area contributed by atoms with Gasteiger partial charge in [-0.3, -0.25) is 4.79 Å². The number of ether oxygens (including phenoxy) is 3. The van der Waals surface area contributed by atoms with E-state index in [-0.39, 0.29) is 23.7 Å². The number of halogens is 1. The molecule has 0 radical (unpaired) electrons. The molecule has 0 fully saturated rings. The van der Waals surface area contributed by atoms with Gasteiger partial charge in [-0.05, 0) is 30.3 Å². The summed E-state index contributed by atoms with van der Waals surface area (Å²) in [5.74, 6) is 0.876. The lowest BCUT2D eigenvalue weighted by Crippen LogP contribution is -2.38. The van der Waals surface area contributed by atoms with Crippen LogP contribution in [0.5, 0.6) is 17.2 Å². The number of carbonyl (C=O) groups excluding carboxylic acids is 1. The number of methoxy groups -OCH3 is 1. The molecule has 0 saturated carbocycles. The zero-order valence-corrected chi connectivity index (χ0v) is 18.4. The smallest absolute Gasteiger partial charge is 0.247 e. The second-order valence-electron chi connectivity index (χ2n) is 6.13. The number of carbonyl (C=O) groups is 1. The Morgan fingerprint density at radius 1 is 1.17 bits per heavy atom. The zero-order valence-electron chi connectivity index (χ0n) is 16.0. The molecule has 1 aliphatic heterocycles. The molecule has 1 N–H and O–H groups in total. The molecule has 156 valence electrons. The molecule has 3 rings (SSSR count). The van der Waals surface area contributed by atoms with Crippen LogP contribution in [0.3, 0.4) is 0 Å². The first-order valence-electron chi connectivity index (χ1n) is 8.88. The number of benzene rings is 2. The van der Waals surface area contributed by atoms with Gasteiger partial charge in [0.25, 0.3) is 0 Å². The van der Waals surface area contributed by atoms with E-state index in [1.807, 2.05) is 0 Å². The summed E-state index contributed by atoms with van der Waals surface area (Å²) in [6.07, 6.45) is 0. The van der Waals surface area contributed by atoms with Crippen LogP contribution in [0.2, 0.25) is 0 Å². The summed E-state index contributed by atoms with van der Waals surface area (Å²) >= 11 is 3.27. The van der Waals surface area contributed by atoms with E-state index < -0.39 is 15.9 Å². The standard InChI is InChI=1S/C19H21BrN2O6S/c1-3-22(29(24,25)18-10-13(20)4-6-16(18)26-2)12-19(23)21-14-5-7-15-17(11-14)28-9-8-27-15/h4-7,10-11H,3,8-9,12H2,1-2H3,(H,21,23). The summed E-state index contributed by atoms with van der Waals surface area (Å²) in [6, 6.07) is 9.71. The fourth-order valence-electron chi connectivity index (χ4n) is 2.84. The molecular formula is C19H21BrN2O6S. The molecule has 0 aliphatic carbocycles. The lowest BCUT2D eigenvalue weighted by molar-refractivity contribution is -0.116. The Labute approximate surface area is 177 Å². The van der Waals surface area contributed by atoms with Gasteiger partial charge in [-0.25, -0.2) is 8.42 Å². The second-order valence-corrected chi connectivity index (χ2v) is 8.96. The van der Waals surface area contributed by atoms with Crippen molar-refractivity contribution in [1.29, 1.82) is 0 Å². The molecule has 2 aromatic rings. The summed E-state index contributed by atoms with van der Waals surface area (Å²) in [7, 11) is -2.55. The van der Waals surface area contributed by atoms with Crippen molar-refractivity contribution in [3.63, 3.8) is 0 Å². The average molecular weight is 485 g/mol. The van der Waals surface area contributed by atoms with Crippen LogP contribution in [0, 0.1) is 0 Å². The van der Waals surface area contributed by atoms with Crippen molar-refractivity contribution in [2.45, 2.75) is 11.8 Å². The SMILES string of the molecule is CCN(CC(=O)Nc1ccc2c(c1)OCCO2)S(=O)(=O)c1cc(Br)ccc1OC. The van der Waals surface area contributed by atoms with E-state index in [0.717, 1.165) is 4.31 Å². The molecule has 0 spiro atoms. The predicted molar refractivity (Wildman–Crippen MR) is 111 cm³/mol. The Balaban J connectivity index is 1.77. The van der Waals surface area contributed by atoms with Crippen molar-refractivity contribution >= 4 is 37.5 Å². The van der Waals surface area contributed by atoms with Crippen LogP contribution >= 0.6 is 15.9 Å². The van der Waals surface area contributed by atoms with Crippen LogP contribution in [0.1, 0.15) is 6.92 Å². The van der Waals surface area contributed by atoms with E-state index in [9.17, 15) is 13.2 Å². The maximum atomic E-state index is 13.1. The number of nitrogens with zero attached hydrogens (tertiary/aromatic N) is 1. The summed E-state index contributed by atoms with van der Waals surface area (Å²) in [6.45, 7) is 2.34. The number of hydrogen-bond donors (Lipinski definition) is 1. The number of hydrogen-bond acceptors (Lipinski definition) is 6. The molecule has 29 heavy (non-hydrogen) atoms. The number of anilines is 1. The Morgan fingerprint density at radius 2 is 1.90 bits per heavy atom. The highest BCUT2D eigenvalue weighted by Crippen LogP contribution is 2.33. The van der Waals surface area contributed by atoms with Gasteiger partial charge in [-0.2, -0.15) is 4.31 Å². The number of fused-ring (bicyclic) bond motifs is 1. The Morgan fingerprint density at radius 3 is 2.59 bits per heavy atom. The minimum absolute atomic E-state index is 0.0108. The fourth-order valence-corrected chi connectivity index (χ4v) is 4.94. The lowest BCUT2D eigenvalue weighted by Gasteiger charge is -2.22. The van der Waals surface area contributed by atoms with Gasteiger partial charge in [-0.1, -0.05) is 22.9 Å². The summed E-state index contributed by atoms with van der Waals surface area (Å²) in [5, 5.41) is 2.70. The minimum Gasteiger partial charge on any atom is -0.495 e. The Bertz CT molecular complexity index is 1010. The highest BCUT2D eigenvalue weighted by atomic mass is 79.9. The van der Waals surface area contributed by atoms with Crippen molar-refractivity contribution in [1.82, 2.24) is 4.31 Å². The number of nitrogens with one attached hydrogen (secondary N) is 1. The maximum absolute atomic E-state index is 13.1. The van der Waals surface area contributed by atoms with Crippen molar-refractivity contribution in [2.75, 3.05) is 38.7 Å². The molecule has 0 unspecified atom stereocenters. The third-order valence-electron chi connectivity index (χ3n) is 4.24. The molecule has 8 nitrogen and oxygen atoms in total. The molecule has 0 bridgehead atoms. The van der Waals surface area contributed by atoms with Gasteiger partial charge in [0.05, 0.1) is 13.7 Å². The molecule has 0 atom stereocenters. The first-order valence-corrected chi connectivity index (χ1v) is 11.1. The average Bonchev–Trinajstić information content (AvgIpc) is 2.71. The Hall–Kier alpha value is -2.30. The van der Waals surface area contributed by atoms with Gasteiger partial charge in [0.1, 0.15) is 23.9 Å². The summed E-state index contributed by atoms with van der Waals surface area (Å²) < 4.78 is 44.0. The quantitative estimate of drug-likeness (QED) is 0.649. The molecule has 1 aliphatic rings. The van der Waals surface area contributed by atoms with Crippen LogP contribution in [0.15, 0.2) is 45.8 Å². The molecular weight excluding hydrogens is 464 g/mol.